The SMILES string of the molecule is CC/C=C/C/C=C/CCCCCCCCCC(=O)NC(COP(=O)(O)OCC[N+](C)(C)C)C(/C=C/CCCCCCCCCCCC)OC(=O)CCCCCCCCCCCCCCC. The maximum Gasteiger partial charge on any atom is 0.472 e. The van der Waals surface area contributed by atoms with Crippen LogP contribution in [-0.2, 0) is 27.9 Å². The monoisotopic (exact) mass is 938 g/mol. The van der Waals surface area contributed by atoms with Gasteiger partial charge in [0.1, 0.15) is 19.3 Å². The average Bonchev–Trinajstić information content (AvgIpc) is 3.26. The van der Waals surface area contributed by atoms with Crippen molar-refractivity contribution in [2.24, 2.45) is 0 Å². The van der Waals surface area contributed by atoms with Gasteiger partial charge in [-0.2, -0.15) is 0 Å². The quantitative estimate of drug-likeness (QED) is 0.0205. The molecular formula is C55H106N2O7P+. The van der Waals surface area contributed by atoms with Crippen molar-refractivity contribution in [3.05, 3.63) is 36.5 Å². The van der Waals surface area contributed by atoms with Gasteiger partial charge in [-0.25, -0.2) is 4.57 Å². The third-order valence-corrected chi connectivity index (χ3v) is 13.1. The third kappa shape index (κ3) is 47.1. The molecule has 0 bridgehead atoms. The molecule has 2 N–H and O–H groups in total. The summed E-state index contributed by atoms with van der Waals surface area (Å²) >= 11 is 0. The Balaban J connectivity index is 5.39. The van der Waals surface area contributed by atoms with Crippen molar-refractivity contribution >= 4 is 19.7 Å². The summed E-state index contributed by atoms with van der Waals surface area (Å²) in [7, 11) is 1.50. The molecule has 0 rings (SSSR count). The number of likely N-dealkylation sites (N-methyl/N-ethyl adjacent to an activating group) is 1. The number of quaternary nitrogens is 1. The average molecular weight is 938 g/mol. The molecule has 0 fully saturated rings. The molecule has 3 unspecified atom stereocenters. The van der Waals surface area contributed by atoms with E-state index in [0.29, 0.717) is 23.9 Å². The molecule has 0 heterocycles. The number of nitrogens with zero attached hydrogens (tertiary/aromatic N) is 1. The van der Waals surface area contributed by atoms with Gasteiger partial charge in [0.2, 0.25) is 5.91 Å². The number of unbranched alkanes of at least 4 members (excludes halogenated alkanes) is 29. The number of nitrogens with one attached hydrogen (secondary N) is 1. The Kier molecular flexibility index (Phi) is 44.7. The van der Waals surface area contributed by atoms with Gasteiger partial charge in [0.05, 0.1) is 33.8 Å². The number of ether oxygens (including phenoxy) is 1. The fraction of sp³-hybridized carbons (Fsp3) is 0.855. The first kappa shape index (κ1) is 63.2. The molecule has 0 aromatic rings. The number of carbonyl (C=O) groups is 2. The van der Waals surface area contributed by atoms with Gasteiger partial charge >= 0.3 is 13.8 Å². The summed E-state index contributed by atoms with van der Waals surface area (Å²) in [5.41, 5.74) is 0. The number of amides is 1. The Labute approximate surface area is 402 Å². The number of esters is 1. The van der Waals surface area contributed by atoms with E-state index in [4.69, 9.17) is 13.8 Å². The minimum atomic E-state index is -4.44. The number of carbonyl (C=O) groups excluding carboxylic acids is 2. The Morgan fingerprint density at radius 2 is 0.985 bits per heavy atom. The molecule has 0 aliphatic heterocycles. The zero-order valence-electron chi connectivity index (χ0n) is 43.5. The maximum atomic E-state index is 13.4. The van der Waals surface area contributed by atoms with E-state index in [1.165, 1.54) is 135 Å². The van der Waals surface area contributed by atoms with Gasteiger partial charge in [-0.3, -0.25) is 18.6 Å². The first-order chi connectivity index (χ1) is 31.4. The maximum absolute atomic E-state index is 13.4. The number of allylic oxidation sites excluding steroid dienone is 5. The largest absolute Gasteiger partial charge is 0.472 e. The van der Waals surface area contributed by atoms with E-state index in [1.54, 1.807) is 0 Å². The molecule has 0 saturated carbocycles. The van der Waals surface area contributed by atoms with Crippen LogP contribution in [0.4, 0.5) is 0 Å². The zero-order chi connectivity index (χ0) is 48.0. The topological polar surface area (TPSA) is 111 Å². The fourth-order valence-corrected chi connectivity index (χ4v) is 8.60. The van der Waals surface area contributed by atoms with Crippen LogP contribution in [-0.4, -0.2) is 74.3 Å². The van der Waals surface area contributed by atoms with Gasteiger partial charge in [-0.05, 0) is 57.4 Å². The minimum Gasteiger partial charge on any atom is -0.456 e. The molecule has 0 aromatic heterocycles. The molecule has 0 aliphatic carbocycles. The zero-order valence-corrected chi connectivity index (χ0v) is 44.4. The standard InChI is InChI=1S/C55H105N2O7P/c1-7-10-13-16-19-22-25-28-30-32-35-38-41-44-47-54(58)56-52(51-63-65(60,61)62-50-49-57(4,5)6)53(46-43-40-37-34-31-27-24-21-18-15-12-9-3)64-55(59)48-45-42-39-36-33-29-26-23-20-17-14-11-8-2/h10,13,19,22,43,46,52-53H,7-9,11-12,14-18,20-21,23-42,44-45,47-51H2,1-6H3,(H-,56,58,60,61)/p+1/b13-10+,22-19+,46-43+. The van der Waals surface area contributed by atoms with Crippen LogP contribution in [0, 0.1) is 0 Å². The highest BCUT2D eigenvalue weighted by atomic mass is 31.2. The van der Waals surface area contributed by atoms with Gasteiger partial charge in [0.25, 0.3) is 0 Å². The van der Waals surface area contributed by atoms with Crippen molar-refractivity contribution in [1.82, 2.24) is 5.32 Å². The van der Waals surface area contributed by atoms with Crippen molar-refractivity contribution in [2.75, 3.05) is 40.9 Å². The summed E-state index contributed by atoms with van der Waals surface area (Å²) in [5, 5.41) is 3.04. The molecule has 0 saturated heterocycles. The predicted molar refractivity (Wildman–Crippen MR) is 277 cm³/mol. The highest BCUT2D eigenvalue weighted by Gasteiger charge is 2.30. The van der Waals surface area contributed by atoms with E-state index in [-0.39, 0.29) is 25.1 Å². The van der Waals surface area contributed by atoms with Gasteiger partial charge in [0, 0.05) is 12.8 Å². The molecule has 382 valence electrons. The van der Waals surface area contributed by atoms with Crippen molar-refractivity contribution in [3.8, 4) is 0 Å². The third-order valence-electron chi connectivity index (χ3n) is 12.1. The number of phosphoric acid groups is 1. The van der Waals surface area contributed by atoms with Gasteiger partial charge < -0.3 is 19.4 Å². The van der Waals surface area contributed by atoms with E-state index >= 15 is 0 Å². The molecule has 0 aliphatic rings. The number of phosphoric ester groups is 1. The second kappa shape index (κ2) is 46.0. The lowest BCUT2D eigenvalue weighted by molar-refractivity contribution is -0.870. The highest BCUT2D eigenvalue weighted by Crippen LogP contribution is 2.43. The summed E-state index contributed by atoms with van der Waals surface area (Å²) in [4.78, 5) is 37.5. The van der Waals surface area contributed by atoms with Crippen LogP contribution in [0.1, 0.15) is 252 Å². The minimum absolute atomic E-state index is 0.0403. The Bertz CT molecular complexity index is 1220. The second-order valence-electron chi connectivity index (χ2n) is 19.7. The molecule has 0 aromatic carbocycles. The number of hydrogen-bond acceptors (Lipinski definition) is 6. The molecule has 9 nitrogen and oxygen atoms in total. The summed E-state index contributed by atoms with van der Waals surface area (Å²) < 4.78 is 30.5. The van der Waals surface area contributed by atoms with E-state index in [9.17, 15) is 19.0 Å². The Morgan fingerprint density at radius 1 is 0.554 bits per heavy atom. The predicted octanol–water partition coefficient (Wildman–Crippen LogP) is 16.0. The first-order valence-electron chi connectivity index (χ1n) is 27.3. The van der Waals surface area contributed by atoms with Crippen LogP contribution >= 0.6 is 7.82 Å². The van der Waals surface area contributed by atoms with Crippen molar-refractivity contribution in [3.63, 3.8) is 0 Å². The van der Waals surface area contributed by atoms with E-state index in [2.05, 4.69) is 50.4 Å². The summed E-state index contributed by atoms with van der Waals surface area (Å²) in [6, 6.07) is -0.846. The molecule has 65 heavy (non-hydrogen) atoms. The molecular weight excluding hydrogens is 832 g/mol. The number of rotatable bonds is 49. The molecule has 10 heteroatoms. The summed E-state index contributed by atoms with van der Waals surface area (Å²) in [6.07, 6.45) is 52.7. The van der Waals surface area contributed by atoms with Gasteiger partial charge in [-0.1, -0.05) is 218 Å². The van der Waals surface area contributed by atoms with Crippen molar-refractivity contribution in [2.45, 2.75) is 264 Å². The Hall–Kier alpha value is -1.77. The van der Waals surface area contributed by atoms with Crippen LogP contribution in [0.2, 0.25) is 0 Å². The summed E-state index contributed by atoms with van der Waals surface area (Å²) in [5.74, 6) is -0.508. The molecule has 0 spiro atoms. The van der Waals surface area contributed by atoms with Gasteiger partial charge in [0.15, 0.2) is 0 Å². The molecule has 1 amide bonds. The lowest BCUT2D eigenvalue weighted by Crippen LogP contribution is -2.47. The van der Waals surface area contributed by atoms with Crippen LogP contribution in [0.25, 0.3) is 0 Å². The van der Waals surface area contributed by atoms with E-state index in [0.717, 1.165) is 83.5 Å². The van der Waals surface area contributed by atoms with Crippen LogP contribution in [0.3, 0.4) is 0 Å². The highest BCUT2D eigenvalue weighted by molar-refractivity contribution is 7.47. The van der Waals surface area contributed by atoms with E-state index < -0.39 is 20.0 Å². The number of hydrogen-bond donors (Lipinski definition) is 2. The summed E-state index contributed by atoms with van der Waals surface area (Å²) in [6.45, 7) is 6.90. The normalized spacial score (nSPS) is 14.1. The van der Waals surface area contributed by atoms with Crippen LogP contribution < -0.4 is 5.32 Å². The smallest absolute Gasteiger partial charge is 0.456 e. The van der Waals surface area contributed by atoms with Crippen molar-refractivity contribution in [1.29, 1.82) is 0 Å². The lowest BCUT2D eigenvalue weighted by atomic mass is 10.0. The van der Waals surface area contributed by atoms with E-state index in [1.807, 2.05) is 33.3 Å². The van der Waals surface area contributed by atoms with Gasteiger partial charge in [-0.15, -0.1) is 0 Å². The van der Waals surface area contributed by atoms with Crippen LogP contribution in [0.5, 0.6) is 0 Å². The van der Waals surface area contributed by atoms with Crippen molar-refractivity contribution < 1.29 is 37.3 Å². The molecule has 3 atom stereocenters. The van der Waals surface area contributed by atoms with Crippen LogP contribution in [0.15, 0.2) is 36.5 Å². The Morgan fingerprint density at radius 3 is 1.46 bits per heavy atom. The molecule has 0 radical (unpaired) electrons. The second-order valence-corrected chi connectivity index (χ2v) is 21.2. The lowest BCUT2D eigenvalue weighted by Gasteiger charge is -2.27. The fourth-order valence-electron chi connectivity index (χ4n) is 7.86. The first-order valence-corrected chi connectivity index (χ1v) is 28.8.